The van der Waals surface area contributed by atoms with E-state index in [0.29, 0.717) is 19.0 Å². The average molecular weight is 303 g/mol. The first-order valence-electron chi connectivity index (χ1n) is 8.42. The van der Waals surface area contributed by atoms with Crippen LogP contribution in [0.3, 0.4) is 0 Å². The maximum atomic E-state index is 12.0. The zero-order chi connectivity index (χ0) is 15.8. The van der Waals surface area contributed by atoms with E-state index in [1.54, 1.807) is 0 Å². The van der Waals surface area contributed by atoms with Crippen LogP contribution < -0.4 is 10.6 Å². The lowest BCUT2D eigenvalue weighted by Gasteiger charge is -2.28. The molecule has 1 aromatic carbocycles. The summed E-state index contributed by atoms with van der Waals surface area (Å²) in [5.74, 6) is 0.159. The summed E-state index contributed by atoms with van der Waals surface area (Å²) in [7, 11) is 1.92. The monoisotopic (exact) mass is 303 g/mol. The molecule has 1 unspecified atom stereocenters. The van der Waals surface area contributed by atoms with E-state index in [0.717, 1.165) is 26.1 Å². The number of likely N-dealkylation sites (tertiary alicyclic amines) is 1. The van der Waals surface area contributed by atoms with E-state index in [4.69, 9.17) is 0 Å². The Morgan fingerprint density at radius 2 is 1.91 bits per heavy atom. The molecule has 0 bridgehead atoms. The number of rotatable bonds is 8. The quantitative estimate of drug-likeness (QED) is 0.724. The van der Waals surface area contributed by atoms with Gasteiger partial charge in [0, 0.05) is 13.0 Å². The second-order valence-electron chi connectivity index (χ2n) is 6.18. The number of hydrogen-bond donors (Lipinski definition) is 2. The summed E-state index contributed by atoms with van der Waals surface area (Å²) >= 11 is 0. The molecule has 4 heteroatoms. The number of nitrogens with one attached hydrogen (secondary N) is 2. The molecule has 0 aromatic heterocycles. The zero-order valence-corrected chi connectivity index (χ0v) is 13.9. The number of carbonyl (C=O) groups excluding carboxylic acids is 1. The van der Waals surface area contributed by atoms with Crippen molar-refractivity contribution in [2.24, 2.45) is 0 Å². The fraction of sp³-hybridized carbons (Fsp3) is 0.611. The van der Waals surface area contributed by atoms with Crippen LogP contribution >= 0.6 is 0 Å². The van der Waals surface area contributed by atoms with Gasteiger partial charge in [0.1, 0.15) is 0 Å². The predicted octanol–water partition coefficient (Wildman–Crippen LogP) is 2.25. The van der Waals surface area contributed by atoms with Crippen molar-refractivity contribution in [1.29, 1.82) is 0 Å². The van der Waals surface area contributed by atoms with E-state index in [1.807, 2.05) is 7.05 Å². The van der Waals surface area contributed by atoms with Gasteiger partial charge >= 0.3 is 0 Å². The molecule has 2 N–H and O–H groups in total. The van der Waals surface area contributed by atoms with Gasteiger partial charge in [-0.3, -0.25) is 9.69 Å². The fourth-order valence-electron chi connectivity index (χ4n) is 3.02. The van der Waals surface area contributed by atoms with Crippen LogP contribution in [-0.2, 0) is 4.79 Å². The molecule has 1 aliphatic rings. The summed E-state index contributed by atoms with van der Waals surface area (Å²) < 4.78 is 0. The number of benzene rings is 1. The minimum Gasteiger partial charge on any atom is -0.354 e. The van der Waals surface area contributed by atoms with Gasteiger partial charge in [-0.15, -0.1) is 0 Å². The normalized spacial score (nSPS) is 16.6. The van der Waals surface area contributed by atoms with E-state index in [9.17, 15) is 4.79 Å². The summed E-state index contributed by atoms with van der Waals surface area (Å²) in [5, 5.41) is 6.20. The van der Waals surface area contributed by atoms with Gasteiger partial charge in [0.2, 0.25) is 5.91 Å². The molecule has 0 saturated carbocycles. The number of amides is 1. The maximum absolute atomic E-state index is 12.0. The highest BCUT2D eigenvalue weighted by molar-refractivity contribution is 5.75. The van der Waals surface area contributed by atoms with Crippen molar-refractivity contribution in [3.8, 4) is 0 Å². The van der Waals surface area contributed by atoms with Crippen molar-refractivity contribution in [1.82, 2.24) is 15.5 Å². The SMILES string of the molecule is CNCCCC(=O)NCC(c1ccc(C)cc1)N1CCCC1. The Balaban J connectivity index is 1.93. The first kappa shape index (κ1) is 17.0. The van der Waals surface area contributed by atoms with E-state index in [1.165, 1.54) is 24.0 Å². The van der Waals surface area contributed by atoms with Gasteiger partial charge in [0.05, 0.1) is 6.04 Å². The van der Waals surface area contributed by atoms with Crippen LogP contribution in [0.5, 0.6) is 0 Å². The molecule has 0 radical (unpaired) electrons. The highest BCUT2D eigenvalue weighted by atomic mass is 16.1. The lowest BCUT2D eigenvalue weighted by Crippen LogP contribution is -2.36. The lowest BCUT2D eigenvalue weighted by molar-refractivity contribution is -0.121. The third kappa shape index (κ3) is 5.11. The molecular weight excluding hydrogens is 274 g/mol. The summed E-state index contributed by atoms with van der Waals surface area (Å²) in [5.41, 5.74) is 2.59. The smallest absolute Gasteiger partial charge is 0.220 e. The van der Waals surface area contributed by atoms with Gasteiger partial charge in [-0.2, -0.15) is 0 Å². The Hall–Kier alpha value is -1.39. The number of aryl methyl sites for hydroxylation is 1. The summed E-state index contributed by atoms with van der Waals surface area (Å²) in [4.78, 5) is 14.5. The molecule has 2 rings (SSSR count). The van der Waals surface area contributed by atoms with Gasteiger partial charge in [0.25, 0.3) is 0 Å². The van der Waals surface area contributed by atoms with E-state index in [2.05, 4.69) is 46.7 Å². The third-order valence-electron chi connectivity index (χ3n) is 4.37. The van der Waals surface area contributed by atoms with Crippen molar-refractivity contribution in [3.63, 3.8) is 0 Å². The maximum Gasteiger partial charge on any atom is 0.220 e. The predicted molar refractivity (Wildman–Crippen MR) is 90.9 cm³/mol. The molecule has 1 atom stereocenters. The zero-order valence-electron chi connectivity index (χ0n) is 13.9. The van der Waals surface area contributed by atoms with Crippen molar-refractivity contribution < 1.29 is 4.79 Å². The van der Waals surface area contributed by atoms with E-state index < -0.39 is 0 Å². The standard InChI is InChI=1S/C18H29N3O/c1-15-7-9-16(10-8-15)17(21-12-3-4-13-21)14-20-18(22)6-5-11-19-2/h7-10,17,19H,3-6,11-14H2,1-2H3,(H,20,22). The third-order valence-corrected chi connectivity index (χ3v) is 4.37. The van der Waals surface area contributed by atoms with Gasteiger partial charge in [-0.1, -0.05) is 29.8 Å². The van der Waals surface area contributed by atoms with E-state index in [-0.39, 0.29) is 5.91 Å². The van der Waals surface area contributed by atoms with Crippen molar-refractivity contribution in [2.45, 2.75) is 38.6 Å². The molecule has 1 aromatic rings. The van der Waals surface area contributed by atoms with Gasteiger partial charge in [0.15, 0.2) is 0 Å². The van der Waals surface area contributed by atoms with Gasteiger partial charge in [-0.25, -0.2) is 0 Å². The highest BCUT2D eigenvalue weighted by Gasteiger charge is 2.23. The van der Waals surface area contributed by atoms with E-state index >= 15 is 0 Å². The van der Waals surface area contributed by atoms with Crippen LogP contribution in [0, 0.1) is 6.92 Å². The largest absolute Gasteiger partial charge is 0.354 e. The molecule has 0 aliphatic carbocycles. The summed E-state index contributed by atoms with van der Waals surface area (Å²) in [6.07, 6.45) is 4.01. The molecule has 1 amide bonds. The molecule has 1 saturated heterocycles. The van der Waals surface area contributed by atoms with Crippen LogP contribution in [0.2, 0.25) is 0 Å². The first-order valence-corrected chi connectivity index (χ1v) is 8.42. The molecule has 1 fully saturated rings. The molecule has 122 valence electrons. The van der Waals surface area contributed by atoms with Crippen LogP contribution in [0.1, 0.15) is 42.9 Å². The van der Waals surface area contributed by atoms with Gasteiger partial charge < -0.3 is 10.6 Å². The average Bonchev–Trinajstić information content (AvgIpc) is 3.04. The number of carbonyl (C=O) groups is 1. The minimum absolute atomic E-state index is 0.159. The second kappa shape index (κ2) is 8.91. The molecule has 22 heavy (non-hydrogen) atoms. The van der Waals surface area contributed by atoms with Crippen LogP contribution in [0.4, 0.5) is 0 Å². The molecule has 1 heterocycles. The Morgan fingerprint density at radius 1 is 1.23 bits per heavy atom. The summed E-state index contributed by atoms with van der Waals surface area (Å²) in [6.45, 7) is 5.98. The van der Waals surface area contributed by atoms with Crippen LogP contribution in [0.25, 0.3) is 0 Å². The fourth-order valence-corrected chi connectivity index (χ4v) is 3.02. The van der Waals surface area contributed by atoms with Crippen molar-refractivity contribution >= 4 is 5.91 Å². The van der Waals surface area contributed by atoms with Crippen LogP contribution in [0.15, 0.2) is 24.3 Å². The van der Waals surface area contributed by atoms with Crippen LogP contribution in [-0.4, -0.2) is 44.0 Å². The molecule has 1 aliphatic heterocycles. The first-order chi connectivity index (χ1) is 10.7. The Kier molecular flexibility index (Phi) is 6.87. The molecule has 0 spiro atoms. The molecular formula is C18H29N3O. The Morgan fingerprint density at radius 3 is 2.55 bits per heavy atom. The number of nitrogens with zero attached hydrogens (tertiary/aromatic N) is 1. The van der Waals surface area contributed by atoms with Crippen molar-refractivity contribution in [2.75, 3.05) is 33.2 Å². The molecule has 4 nitrogen and oxygen atoms in total. The summed E-state index contributed by atoms with van der Waals surface area (Å²) in [6, 6.07) is 9.02. The van der Waals surface area contributed by atoms with Crippen molar-refractivity contribution in [3.05, 3.63) is 35.4 Å². The Labute approximate surface area is 134 Å². The minimum atomic E-state index is 0.159. The lowest BCUT2D eigenvalue weighted by atomic mass is 10.0. The second-order valence-corrected chi connectivity index (χ2v) is 6.18. The highest BCUT2D eigenvalue weighted by Crippen LogP contribution is 2.24. The topological polar surface area (TPSA) is 44.4 Å². The Bertz CT molecular complexity index is 452. The van der Waals surface area contributed by atoms with Gasteiger partial charge in [-0.05, 0) is 58.4 Å². The number of hydrogen-bond acceptors (Lipinski definition) is 3.